The van der Waals surface area contributed by atoms with Gasteiger partial charge < -0.3 is 13.9 Å². The van der Waals surface area contributed by atoms with Crippen molar-refractivity contribution in [1.82, 2.24) is 19.2 Å². The number of hydrogen-bond acceptors (Lipinski definition) is 3. The molecule has 0 radical (unpaired) electrons. The van der Waals surface area contributed by atoms with Gasteiger partial charge in [-0.15, -0.1) is 34.8 Å². The Morgan fingerprint density at radius 1 is 0.567 bits per heavy atom. The molecule has 0 N–H and O–H groups in total. The zero-order valence-corrected chi connectivity index (χ0v) is 39.2. The minimum atomic E-state index is -0.286. The van der Waals surface area contributed by atoms with Crippen molar-refractivity contribution in [2.45, 2.75) is 105 Å². The van der Waals surface area contributed by atoms with Crippen LogP contribution in [0.25, 0.3) is 50.1 Å². The molecule has 0 saturated carbocycles. The van der Waals surface area contributed by atoms with Crippen molar-refractivity contribution < 1.29 is 30.5 Å². The normalized spacial score (nSPS) is 12.5. The van der Waals surface area contributed by atoms with Gasteiger partial charge in [0.25, 0.3) is 6.33 Å². The van der Waals surface area contributed by atoms with E-state index in [1.165, 1.54) is 22.3 Å². The molecule has 8 aromatic rings. The Labute approximate surface area is 370 Å². The van der Waals surface area contributed by atoms with E-state index >= 15 is 0 Å². The van der Waals surface area contributed by atoms with Gasteiger partial charge in [0.2, 0.25) is 0 Å². The van der Waals surface area contributed by atoms with Gasteiger partial charge >= 0.3 is 0 Å². The molecule has 3 heterocycles. The molecule has 0 amide bonds. The molecule has 0 saturated heterocycles. The van der Waals surface area contributed by atoms with Crippen LogP contribution in [0.3, 0.4) is 0 Å². The first-order valence-corrected chi connectivity index (χ1v) is 20.6. The smallest absolute Gasteiger partial charge is 0.271 e. The zero-order valence-electron chi connectivity index (χ0n) is 36.9. The van der Waals surface area contributed by atoms with Crippen molar-refractivity contribution in [2.75, 3.05) is 0 Å². The first-order valence-electron chi connectivity index (χ1n) is 20.6. The molecule has 310 valence electrons. The second kappa shape index (κ2) is 15.6. The van der Waals surface area contributed by atoms with Crippen LogP contribution in [0, 0.1) is 18.5 Å². The molecular formula is C53H55N5OPt-2. The molecule has 0 bridgehead atoms. The molecule has 5 aromatic carbocycles. The minimum Gasteiger partial charge on any atom is -0.510 e. The molecule has 60 heavy (non-hydrogen) atoms. The molecule has 8 rings (SSSR count). The van der Waals surface area contributed by atoms with Gasteiger partial charge in [0.05, 0.1) is 5.69 Å². The standard InChI is InChI=1S/C53H55N5O.Pt/c1-50(2,3)37-25-26-54-48(31-37)58-46-24-21-36(35-17-14-13-15-18-35)27-45(46)44-23-22-43(33-47(44)58)59-42-20-16-19-40(32-42)56-34-57(55-49(56)53(10,11)12)41-29-38(51(4,5)6)28-39(30-41)52(7,8)9;/h13-31H,1-12H3;/q-2;. The Hall–Kier alpha value is -5.32. The Kier molecular flexibility index (Phi) is 11.1. The molecule has 0 spiro atoms. The average molecular weight is 973 g/mol. The summed E-state index contributed by atoms with van der Waals surface area (Å²) in [7, 11) is 0. The third-order valence-electron chi connectivity index (χ3n) is 11.0. The maximum Gasteiger partial charge on any atom is 0.271 e. The van der Waals surface area contributed by atoms with Crippen molar-refractivity contribution in [3.05, 3.63) is 156 Å². The number of ether oxygens (including phenoxy) is 1. The van der Waals surface area contributed by atoms with Crippen LogP contribution in [0.4, 0.5) is 0 Å². The molecule has 0 aliphatic heterocycles. The number of benzene rings is 5. The summed E-state index contributed by atoms with van der Waals surface area (Å²) in [4.78, 5) is 4.90. The molecule has 6 nitrogen and oxygen atoms in total. The molecule has 0 unspecified atom stereocenters. The first kappa shape index (κ1) is 42.8. The summed E-state index contributed by atoms with van der Waals surface area (Å²) < 4.78 is 12.7. The summed E-state index contributed by atoms with van der Waals surface area (Å²) in [5.74, 6) is 2.85. The van der Waals surface area contributed by atoms with E-state index in [1.807, 2.05) is 45.8 Å². The van der Waals surface area contributed by atoms with Gasteiger partial charge in [-0.3, -0.25) is 0 Å². The maximum atomic E-state index is 6.63. The summed E-state index contributed by atoms with van der Waals surface area (Å²) in [6.07, 6.45) is 5.49. The second-order valence-corrected chi connectivity index (χ2v) is 19.9. The van der Waals surface area contributed by atoms with Crippen LogP contribution in [-0.2, 0) is 42.7 Å². The number of pyridine rings is 1. The van der Waals surface area contributed by atoms with E-state index in [9.17, 15) is 0 Å². The van der Waals surface area contributed by atoms with Crippen LogP contribution in [0.15, 0.2) is 115 Å². The van der Waals surface area contributed by atoms with Crippen LogP contribution in [0.2, 0.25) is 0 Å². The molecule has 7 heteroatoms. The van der Waals surface area contributed by atoms with E-state index in [0.717, 1.165) is 50.4 Å². The number of hydrogen-bond donors (Lipinski definition) is 0. The van der Waals surface area contributed by atoms with E-state index in [4.69, 9.17) is 14.8 Å². The molecule has 0 fully saturated rings. The van der Waals surface area contributed by atoms with Crippen molar-refractivity contribution >= 4 is 21.8 Å². The van der Waals surface area contributed by atoms with E-state index in [2.05, 4.69) is 185 Å². The number of fused-ring (bicyclic) bond motifs is 3. The summed E-state index contributed by atoms with van der Waals surface area (Å²) in [5, 5.41) is 7.38. The summed E-state index contributed by atoms with van der Waals surface area (Å²) in [5.41, 5.74) is 9.39. The second-order valence-electron chi connectivity index (χ2n) is 19.9. The van der Waals surface area contributed by atoms with Crippen LogP contribution < -0.4 is 9.42 Å². The van der Waals surface area contributed by atoms with E-state index in [0.29, 0.717) is 11.5 Å². The van der Waals surface area contributed by atoms with Gasteiger partial charge in [0.1, 0.15) is 5.82 Å². The van der Waals surface area contributed by atoms with E-state index in [1.54, 1.807) is 0 Å². The van der Waals surface area contributed by atoms with Crippen LogP contribution in [0.1, 0.15) is 106 Å². The van der Waals surface area contributed by atoms with Gasteiger partial charge in [0, 0.05) is 49.7 Å². The van der Waals surface area contributed by atoms with Gasteiger partial charge in [-0.1, -0.05) is 155 Å². The quantitative estimate of drug-likeness (QED) is 0.123. The summed E-state index contributed by atoms with van der Waals surface area (Å²) in [6.45, 7) is 26.7. The van der Waals surface area contributed by atoms with Crippen molar-refractivity contribution in [1.29, 1.82) is 0 Å². The summed E-state index contributed by atoms with van der Waals surface area (Å²) >= 11 is 0. The van der Waals surface area contributed by atoms with Crippen LogP contribution in [0.5, 0.6) is 11.5 Å². The Morgan fingerprint density at radius 2 is 1.23 bits per heavy atom. The van der Waals surface area contributed by atoms with Gasteiger partial charge in [0.15, 0.2) is 5.82 Å². The largest absolute Gasteiger partial charge is 0.510 e. The zero-order chi connectivity index (χ0) is 42.1. The van der Waals surface area contributed by atoms with Crippen molar-refractivity contribution in [2.24, 2.45) is 0 Å². The molecular weight excluding hydrogens is 918 g/mol. The fraction of sp³-hybridized carbons (Fsp3) is 0.302. The minimum absolute atomic E-state index is 0. The first-order chi connectivity index (χ1) is 27.7. The van der Waals surface area contributed by atoms with Gasteiger partial charge in [-0.05, 0) is 67.6 Å². The van der Waals surface area contributed by atoms with Crippen LogP contribution in [-0.4, -0.2) is 19.2 Å². The third-order valence-corrected chi connectivity index (χ3v) is 11.0. The fourth-order valence-electron chi connectivity index (χ4n) is 7.46. The van der Waals surface area contributed by atoms with Crippen molar-refractivity contribution in [3.63, 3.8) is 0 Å². The fourth-order valence-corrected chi connectivity index (χ4v) is 7.46. The monoisotopic (exact) mass is 972 g/mol. The Bertz CT molecular complexity index is 2810. The molecule has 0 atom stereocenters. The Morgan fingerprint density at radius 3 is 1.88 bits per heavy atom. The maximum absolute atomic E-state index is 6.63. The predicted octanol–water partition coefficient (Wildman–Crippen LogP) is 12.7. The van der Waals surface area contributed by atoms with E-state index < -0.39 is 0 Å². The van der Waals surface area contributed by atoms with Crippen molar-refractivity contribution in [3.8, 4) is 39.8 Å². The van der Waals surface area contributed by atoms with Crippen LogP contribution >= 0.6 is 0 Å². The molecule has 3 aromatic heterocycles. The number of aromatic nitrogens is 5. The third kappa shape index (κ3) is 8.50. The Balaban J connectivity index is 0.00000544. The van der Waals surface area contributed by atoms with Gasteiger partial charge in [-0.2, -0.15) is 22.9 Å². The molecule has 0 aliphatic carbocycles. The number of nitrogens with zero attached hydrogens (tertiary/aromatic N) is 5. The summed E-state index contributed by atoms with van der Waals surface area (Å²) in [6, 6.07) is 45.5. The van der Waals surface area contributed by atoms with E-state index in [-0.39, 0.29) is 42.7 Å². The SMILES string of the molecule is CC(C)(C)c1cc(-[n+]2[c-]n(-c3[c-]c(Oc4[c-]c5c(cc4)c4cc(-c6ccccc6)ccc4n5-c4cc(C(C)(C)C)ccn4)ccc3)c(C(C)(C)C)n2)cc(C(C)(C)C)c1.[Pt]. The van der Waals surface area contributed by atoms with Gasteiger partial charge in [-0.25, -0.2) is 4.98 Å². The predicted molar refractivity (Wildman–Crippen MR) is 240 cm³/mol. The topological polar surface area (TPSA) is 48.8 Å². The average Bonchev–Trinajstić information content (AvgIpc) is 3.78. The number of rotatable bonds is 6. The molecule has 0 aliphatic rings.